The van der Waals surface area contributed by atoms with Crippen LogP contribution in [0.25, 0.3) is 0 Å². The summed E-state index contributed by atoms with van der Waals surface area (Å²) < 4.78 is 23.2. The third-order valence-corrected chi connectivity index (χ3v) is 6.45. The molecule has 0 amide bonds. The van der Waals surface area contributed by atoms with E-state index in [1.807, 2.05) is 30.3 Å². The summed E-state index contributed by atoms with van der Waals surface area (Å²) in [6, 6.07) is 13.9. The summed E-state index contributed by atoms with van der Waals surface area (Å²) in [5.74, 6) is -0.685. The molecule has 2 rings (SSSR count). The van der Waals surface area contributed by atoms with E-state index in [9.17, 15) is 19.6 Å². The van der Waals surface area contributed by atoms with Crippen molar-refractivity contribution in [3.05, 3.63) is 69.8 Å². The molecule has 9 heteroatoms. The smallest absolute Gasteiger partial charge is 0.361 e. The lowest BCUT2D eigenvalue weighted by Gasteiger charge is -2.24. The molecular formula is C18H22NO6PS. The van der Waals surface area contributed by atoms with E-state index >= 15 is 0 Å². The summed E-state index contributed by atoms with van der Waals surface area (Å²) >= 11 is 1.42. The zero-order valence-electron chi connectivity index (χ0n) is 15.1. The van der Waals surface area contributed by atoms with Crippen LogP contribution >= 0.6 is 19.4 Å². The van der Waals surface area contributed by atoms with Crippen LogP contribution in [0.3, 0.4) is 0 Å². The summed E-state index contributed by atoms with van der Waals surface area (Å²) in [4.78, 5) is 21.6. The summed E-state index contributed by atoms with van der Waals surface area (Å²) in [5, 5.41) is 11.2. The Morgan fingerprint density at radius 1 is 1.19 bits per heavy atom. The highest BCUT2D eigenvalue weighted by atomic mass is 32.2. The molecule has 0 saturated carbocycles. The number of rotatable bonds is 10. The molecule has 0 radical (unpaired) electrons. The Bertz CT molecular complexity index is 817. The van der Waals surface area contributed by atoms with Gasteiger partial charge in [0.25, 0.3) is 5.69 Å². The van der Waals surface area contributed by atoms with Crippen LogP contribution in [0, 0.1) is 10.1 Å². The van der Waals surface area contributed by atoms with Crippen LogP contribution in [-0.2, 0) is 19.6 Å². The second kappa shape index (κ2) is 10.0. The van der Waals surface area contributed by atoms with Gasteiger partial charge in [-0.25, -0.2) is 0 Å². The van der Waals surface area contributed by atoms with Crippen LogP contribution in [-0.4, -0.2) is 23.0 Å². The van der Waals surface area contributed by atoms with Gasteiger partial charge in [0.1, 0.15) is 0 Å². The van der Waals surface area contributed by atoms with E-state index in [-0.39, 0.29) is 24.5 Å². The minimum atomic E-state index is -4.17. The summed E-state index contributed by atoms with van der Waals surface area (Å²) in [7, 11) is -4.17. The number of nitro benzene ring substituents is 1. The Balaban J connectivity index is 2.43. The highest BCUT2D eigenvalue weighted by Crippen LogP contribution is 2.58. The van der Waals surface area contributed by atoms with Gasteiger partial charge in [0.15, 0.2) is 5.85 Å². The molecule has 2 aromatic rings. The third kappa shape index (κ3) is 5.89. The topological polar surface area (TPSA) is 98.9 Å². The average molecular weight is 411 g/mol. The number of hydrogen-bond acceptors (Lipinski definition) is 6. The molecule has 2 atom stereocenters. The van der Waals surface area contributed by atoms with E-state index in [0.29, 0.717) is 10.6 Å². The fourth-order valence-corrected chi connectivity index (χ4v) is 4.99. The highest BCUT2D eigenvalue weighted by Gasteiger charge is 2.37. The Hall–Kier alpha value is -1.70. The molecular weight excluding hydrogens is 389 g/mol. The van der Waals surface area contributed by atoms with Gasteiger partial charge in [0.05, 0.1) is 11.5 Å². The quantitative estimate of drug-likeness (QED) is 0.250. The van der Waals surface area contributed by atoms with Crippen molar-refractivity contribution in [2.75, 3.05) is 13.2 Å². The molecule has 0 bridgehead atoms. The largest absolute Gasteiger partial charge is 0.361 e. The number of non-ortho nitro benzene ring substituents is 1. The van der Waals surface area contributed by atoms with Gasteiger partial charge in [-0.05, 0) is 25.5 Å². The lowest BCUT2D eigenvalue weighted by atomic mass is 10.2. The molecule has 0 fully saturated rings. The molecule has 2 unspecified atom stereocenters. The average Bonchev–Trinajstić information content (AvgIpc) is 2.65. The van der Waals surface area contributed by atoms with Gasteiger partial charge in [-0.3, -0.25) is 14.7 Å². The second-order valence-corrected chi connectivity index (χ2v) is 8.42. The molecule has 1 N–H and O–H groups in total. The van der Waals surface area contributed by atoms with E-state index in [0.717, 1.165) is 5.56 Å². The summed E-state index contributed by atoms with van der Waals surface area (Å²) in [6.45, 7) is 3.48. The molecule has 0 aliphatic rings. The van der Waals surface area contributed by atoms with Gasteiger partial charge in [-0.15, -0.1) is 11.8 Å². The molecule has 0 aromatic heterocycles. The molecule has 2 aromatic carbocycles. The van der Waals surface area contributed by atoms with Crippen molar-refractivity contribution in [1.29, 1.82) is 0 Å². The van der Waals surface area contributed by atoms with Crippen LogP contribution in [0.5, 0.6) is 0 Å². The molecule has 7 nitrogen and oxygen atoms in total. The molecule has 146 valence electrons. The molecule has 0 heterocycles. The van der Waals surface area contributed by atoms with E-state index in [4.69, 9.17) is 9.26 Å². The minimum Gasteiger partial charge on any atom is -0.361 e. The lowest BCUT2D eigenvalue weighted by Crippen LogP contribution is -2.09. The van der Waals surface area contributed by atoms with Gasteiger partial charge in [0, 0.05) is 35.0 Å². The first-order valence-corrected chi connectivity index (χ1v) is 11.1. The van der Waals surface area contributed by atoms with E-state index in [1.165, 1.54) is 23.9 Å². The molecule has 0 aliphatic carbocycles. The van der Waals surface area contributed by atoms with Gasteiger partial charge in [-0.2, -0.15) is 0 Å². The summed E-state index contributed by atoms with van der Waals surface area (Å²) in [5.41, 5.74) is 1.18. The van der Waals surface area contributed by atoms with Crippen LogP contribution < -0.4 is 0 Å². The number of hydrogen-bond donors (Lipinski definition) is 1. The number of benzene rings is 2. The number of nitro groups is 1. The summed E-state index contributed by atoms with van der Waals surface area (Å²) in [6.07, 6.45) is 0. The number of thioether (sulfide) groups is 1. The lowest BCUT2D eigenvalue weighted by molar-refractivity contribution is -0.385. The Morgan fingerprint density at radius 2 is 1.89 bits per heavy atom. The van der Waals surface area contributed by atoms with Crippen molar-refractivity contribution in [2.24, 2.45) is 0 Å². The molecule has 0 aliphatic heterocycles. The Labute approximate surface area is 162 Å². The maximum absolute atomic E-state index is 12.6. The van der Waals surface area contributed by atoms with Crippen molar-refractivity contribution < 1.29 is 23.6 Å². The van der Waals surface area contributed by atoms with Crippen LogP contribution in [0.1, 0.15) is 30.8 Å². The SMILES string of the molecule is CCOC(c1cc([N+](=O)[O-])ccc1SCc1ccccc1)P(=O)(O)OCC. The van der Waals surface area contributed by atoms with E-state index in [1.54, 1.807) is 19.9 Å². The van der Waals surface area contributed by atoms with Gasteiger partial charge < -0.3 is 14.2 Å². The minimum absolute atomic E-state index is 0.0266. The van der Waals surface area contributed by atoms with Crippen molar-refractivity contribution in [1.82, 2.24) is 0 Å². The monoisotopic (exact) mass is 411 g/mol. The normalized spacial score (nSPS) is 14.5. The van der Waals surface area contributed by atoms with Gasteiger partial charge >= 0.3 is 7.60 Å². The van der Waals surface area contributed by atoms with Crippen LogP contribution in [0.4, 0.5) is 5.69 Å². The predicted molar refractivity (Wildman–Crippen MR) is 105 cm³/mol. The van der Waals surface area contributed by atoms with E-state index < -0.39 is 18.4 Å². The van der Waals surface area contributed by atoms with Crippen molar-refractivity contribution in [2.45, 2.75) is 30.3 Å². The Kier molecular flexibility index (Phi) is 8.01. The van der Waals surface area contributed by atoms with E-state index in [2.05, 4.69) is 0 Å². The molecule has 0 spiro atoms. The fourth-order valence-electron chi connectivity index (χ4n) is 2.48. The van der Waals surface area contributed by atoms with Crippen molar-refractivity contribution in [3.8, 4) is 0 Å². The van der Waals surface area contributed by atoms with Gasteiger partial charge in [-0.1, -0.05) is 30.3 Å². The standard InChI is InChI=1S/C18H22NO6PS/c1-3-24-18(26(22,23)25-4-2)16-12-15(19(20)21)10-11-17(16)27-13-14-8-6-5-7-9-14/h5-12,18H,3-4,13H2,1-2H3,(H,22,23). The maximum atomic E-state index is 12.6. The predicted octanol–water partition coefficient (Wildman–Crippen LogP) is 5.14. The van der Waals surface area contributed by atoms with Crippen molar-refractivity contribution >= 4 is 25.0 Å². The zero-order valence-corrected chi connectivity index (χ0v) is 16.8. The highest BCUT2D eigenvalue weighted by molar-refractivity contribution is 7.98. The van der Waals surface area contributed by atoms with Crippen LogP contribution in [0.2, 0.25) is 0 Å². The first-order valence-electron chi connectivity index (χ1n) is 8.42. The first kappa shape index (κ1) is 21.6. The van der Waals surface area contributed by atoms with Gasteiger partial charge in [0.2, 0.25) is 0 Å². The maximum Gasteiger partial charge on any atom is 0.361 e. The number of ether oxygens (including phenoxy) is 1. The first-order chi connectivity index (χ1) is 12.9. The molecule has 27 heavy (non-hydrogen) atoms. The number of nitrogens with zero attached hydrogens (tertiary/aromatic N) is 1. The van der Waals surface area contributed by atoms with Crippen LogP contribution in [0.15, 0.2) is 53.4 Å². The fraction of sp³-hybridized carbons (Fsp3) is 0.333. The third-order valence-electron chi connectivity index (χ3n) is 3.64. The zero-order chi connectivity index (χ0) is 19.9. The second-order valence-electron chi connectivity index (χ2n) is 5.54. The Morgan fingerprint density at radius 3 is 2.48 bits per heavy atom. The molecule has 0 saturated heterocycles. The van der Waals surface area contributed by atoms with Crippen molar-refractivity contribution in [3.63, 3.8) is 0 Å².